The second-order valence-corrected chi connectivity index (χ2v) is 5.69. The van der Waals surface area contributed by atoms with Gasteiger partial charge >= 0.3 is 5.82 Å². The first-order valence-electron chi connectivity index (χ1n) is 8.38. The highest BCUT2D eigenvalue weighted by Gasteiger charge is 2.22. The highest BCUT2D eigenvalue weighted by Crippen LogP contribution is 2.08. The second kappa shape index (κ2) is 7.68. The fraction of sp³-hybridized carbons (Fsp3) is 0.316. The normalized spacial score (nSPS) is 10.8. The zero-order valence-corrected chi connectivity index (χ0v) is 13.6. The van der Waals surface area contributed by atoms with E-state index in [0.717, 1.165) is 30.0 Å². The fourth-order valence-electron chi connectivity index (χ4n) is 2.71. The molecule has 0 radical (unpaired) electrons. The van der Waals surface area contributed by atoms with Gasteiger partial charge in [-0.15, -0.1) is 4.68 Å². The number of rotatable bonds is 7. The van der Waals surface area contributed by atoms with Gasteiger partial charge in [0.25, 0.3) is 0 Å². The Morgan fingerprint density at radius 3 is 2.26 bits per heavy atom. The molecular weight excluding hydrogens is 284 g/mol. The minimum Gasteiger partial charge on any atom is -0.120 e. The van der Waals surface area contributed by atoms with Gasteiger partial charge in [0.2, 0.25) is 0 Å². The number of nitrogens with zero attached hydrogens (tertiary/aromatic N) is 4. The van der Waals surface area contributed by atoms with Crippen LogP contribution in [0.1, 0.15) is 38.4 Å². The molecular formula is C19H23N4+. The van der Waals surface area contributed by atoms with Crippen LogP contribution >= 0.6 is 0 Å². The molecule has 3 aromatic rings. The van der Waals surface area contributed by atoms with Crippen molar-refractivity contribution in [3.63, 3.8) is 0 Å². The highest BCUT2D eigenvalue weighted by molar-refractivity contribution is 5.28. The predicted octanol–water partition coefficient (Wildman–Crippen LogP) is 3.67. The van der Waals surface area contributed by atoms with E-state index in [1.54, 1.807) is 0 Å². The van der Waals surface area contributed by atoms with Gasteiger partial charge in [-0.3, -0.25) is 0 Å². The summed E-state index contributed by atoms with van der Waals surface area (Å²) in [4.78, 5) is 1.88. The van der Waals surface area contributed by atoms with E-state index in [9.17, 15) is 0 Å². The molecule has 118 valence electrons. The number of para-hydroxylation sites is 2. The molecule has 4 nitrogen and oxygen atoms in total. The largest absolute Gasteiger partial charge is 0.306 e. The van der Waals surface area contributed by atoms with Crippen molar-refractivity contribution >= 4 is 0 Å². The van der Waals surface area contributed by atoms with Crippen molar-refractivity contribution in [3.8, 4) is 11.4 Å². The van der Waals surface area contributed by atoms with Crippen molar-refractivity contribution in [1.82, 2.24) is 15.1 Å². The van der Waals surface area contributed by atoms with Gasteiger partial charge in [-0.05, 0) is 35.5 Å². The average Bonchev–Trinajstić information content (AvgIpc) is 3.04. The lowest BCUT2D eigenvalue weighted by Crippen LogP contribution is -2.43. The van der Waals surface area contributed by atoms with E-state index in [1.807, 2.05) is 41.2 Å². The zero-order chi connectivity index (χ0) is 15.9. The van der Waals surface area contributed by atoms with Gasteiger partial charge in [-0.25, -0.2) is 0 Å². The number of aromatic nitrogens is 4. The minimum atomic E-state index is 0.946. The van der Waals surface area contributed by atoms with Gasteiger partial charge in [-0.2, -0.15) is 0 Å². The van der Waals surface area contributed by atoms with Crippen LogP contribution in [0.3, 0.4) is 0 Å². The van der Waals surface area contributed by atoms with E-state index in [-0.39, 0.29) is 0 Å². The van der Waals surface area contributed by atoms with Gasteiger partial charge in [0.15, 0.2) is 5.21 Å². The lowest BCUT2D eigenvalue weighted by Gasteiger charge is -2.05. The molecule has 0 aliphatic rings. The molecule has 4 heteroatoms. The first-order valence-corrected chi connectivity index (χ1v) is 8.38. The quantitative estimate of drug-likeness (QED) is 0.493. The van der Waals surface area contributed by atoms with Crippen molar-refractivity contribution in [2.75, 3.05) is 0 Å². The third kappa shape index (κ3) is 3.65. The monoisotopic (exact) mass is 307 g/mol. The summed E-state index contributed by atoms with van der Waals surface area (Å²) in [6.45, 7) is 2.23. The van der Waals surface area contributed by atoms with E-state index in [4.69, 9.17) is 0 Å². The smallest absolute Gasteiger partial charge is 0.120 e. The highest BCUT2D eigenvalue weighted by atomic mass is 15.6. The molecule has 3 rings (SSSR count). The van der Waals surface area contributed by atoms with Crippen molar-refractivity contribution in [2.24, 2.45) is 0 Å². The molecule has 0 saturated carbocycles. The molecule has 0 unspecified atom stereocenters. The van der Waals surface area contributed by atoms with Crippen LogP contribution in [0.25, 0.3) is 11.4 Å². The Hall–Kier alpha value is -2.49. The van der Waals surface area contributed by atoms with Crippen LogP contribution in [0.4, 0.5) is 0 Å². The molecule has 0 aliphatic carbocycles. The van der Waals surface area contributed by atoms with Gasteiger partial charge in [-0.1, -0.05) is 62.6 Å². The van der Waals surface area contributed by atoms with Crippen LogP contribution in [-0.4, -0.2) is 15.1 Å². The van der Waals surface area contributed by atoms with Gasteiger partial charge < -0.3 is 0 Å². The van der Waals surface area contributed by atoms with Crippen LogP contribution in [0.5, 0.6) is 0 Å². The number of benzene rings is 2. The molecule has 0 fully saturated rings. The number of aryl methyl sites for hydroxylation is 1. The standard InChI is InChI=1S/C19H23N4/c1-2-3-4-11-16-19-20-21-23(18-14-9-6-10-15-18)22(19)17-12-7-5-8-13-17/h5-10,12-15H,2-4,11,16H2,1H3/q+1. The number of hydrogen-bond acceptors (Lipinski definition) is 2. The minimum absolute atomic E-state index is 0.946. The molecule has 0 aliphatic heterocycles. The van der Waals surface area contributed by atoms with Gasteiger partial charge in [0.1, 0.15) is 16.5 Å². The Bertz CT molecular complexity index is 720. The van der Waals surface area contributed by atoms with E-state index in [2.05, 4.69) is 46.2 Å². The summed E-state index contributed by atoms with van der Waals surface area (Å²) in [5, 5.41) is 8.83. The Balaban J connectivity index is 1.96. The maximum absolute atomic E-state index is 4.44. The average molecular weight is 307 g/mol. The molecule has 0 bridgehead atoms. The summed E-state index contributed by atoms with van der Waals surface area (Å²) in [7, 11) is 0. The molecule has 0 amide bonds. The molecule has 0 spiro atoms. The van der Waals surface area contributed by atoms with Crippen molar-refractivity contribution in [3.05, 3.63) is 66.5 Å². The Morgan fingerprint density at radius 1 is 0.870 bits per heavy atom. The first kappa shape index (κ1) is 15.4. The first-order chi connectivity index (χ1) is 11.4. The van der Waals surface area contributed by atoms with E-state index in [1.165, 1.54) is 19.3 Å². The maximum atomic E-state index is 4.44. The summed E-state index contributed by atoms with van der Waals surface area (Å²) in [6, 6.07) is 20.5. The summed E-state index contributed by atoms with van der Waals surface area (Å²) in [6.07, 6.45) is 5.85. The van der Waals surface area contributed by atoms with E-state index < -0.39 is 0 Å². The lowest BCUT2D eigenvalue weighted by molar-refractivity contribution is -0.687. The van der Waals surface area contributed by atoms with Crippen LogP contribution in [-0.2, 0) is 6.42 Å². The van der Waals surface area contributed by atoms with Crippen molar-refractivity contribution < 1.29 is 4.68 Å². The molecule has 0 N–H and O–H groups in total. The molecule has 1 heterocycles. The molecule has 2 aromatic carbocycles. The van der Waals surface area contributed by atoms with Crippen LogP contribution in [0, 0.1) is 0 Å². The summed E-state index contributed by atoms with van der Waals surface area (Å²) >= 11 is 0. The Kier molecular flexibility index (Phi) is 5.14. The number of tetrazole rings is 1. The Morgan fingerprint density at radius 2 is 1.57 bits per heavy atom. The van der Waals surface area contributed by atoms with Crippen molar-refractivity contribution in [1.29, 1.82) is 0 Å². The fourth-order valence-corrected chi connectivity index (χ4v) is 2.71. The molecule has 0 atom stereocenters. The third-order valence-electron chi connectivity index (χ3n) is 3.92. The summed E-state index contributed by atoms with van der Waals surface area (Å²) in [5.74, 6) is 1.01. The third-order valence-corrected chi connectivity index (χ3v) is 3.92. The molecule has 0 saturated heterocycles. The zero-order valence-electron chi connectivity index (χ0n) is 13.6. The van der Waals surface area contributed by atoms with Crippen LogP contribution < -0.4 is 4.68 Å². The second-order valence-electron chi connectivity index (χ2n) is 5.69. The maximum Gasteiger partial charge on any atom is 0.306 e. The summed E-state index contributed by atoms with van der Waals surface area (Å²) in [5.41, 5.74) is 2.11. The Labute approximate surface area is 137 Å². The topological polar surface area (TPSA) is 34.6 Å². The lowest BCUT2D eigenvalue weighted by atomic mass is 10.1. The van der Waals surface area contributed by atoms with Crippen molar-refractivity contribution in [2.45, 2.75) is 39.0 Å². The van der Waals surface area contributed by atoms with E-state index >= 15 is 0 Å². The van der Waals surface area contributed by atoms with E-state index in [0.29, 0.717) is 0 Å². The number of unbranched alkanes of at least 4 members (excludes halogenated alkanes) is 3. The van der Waals surface area contributed by atoms with Gasteiger partial charge in [0, 0.05) is 6.42 Å². The molecule has 23 heavy (non-hydrogen) atoms. The van der Waals surface area contributed by atoms with Gasteiger partial charge in [0.05, 0.1) is 0 Å². The van der Waals surface area contributed by atoms with Crippen LogP contribution in [0.2, 0.25) is 0 Å². The summed E-state index contributed by atoms with van der Waals surface area (Å²) < 4.78 is 2.11. The predicted molar refractivity (Wildman–Crippen MR) is 90.7 cm³/mol. The molecule has 1 aromatic heterocycles. The SMILES string of the molecule is CCCCCCc1nnn(-c2ccccc2)[n+]1-c1ccccc1. The number of hydrogen-bond donors (Lipinski definition) is 0. The van der Waals surface area contributed by atoms with Crippen LogP contribution in [0.15, 0.2) is 60.7 Å².